The maximum Gasteiger partial charge on any atom is 0.340 e. The summed E-state index contributed by atoms with van der Waals surface area (Å²) in [4.78, 5) is 66.9. The van der Waals surface area contributed by atoms with Crippen molar-refractivity contribution in [1.82, 2.24) is 0 Å². The number of ketones is 1. The lowest BCUT2D eigenvalue weighted by Gasteiger charge is -2.65. The number of cyclic esters (lactones) is 1. The number of esters is 4. The number of aliphatic hydroxyl groups excluding tert-OH is 1. The molecule has 7 fully saturated rings. The topological polar surface area (TPSA) is 194 Å². The molecule has 2 unspecified atom stereocenters. The highest BCUT2D eigenvalue weighted by Crippen LogP contribution is 2.75. The first-order chi connectivity index (χ1) is 23.3. The van der Waals surface area contributed by atoms with Crippen LogP contribution < -0.4 is 0 Å². The minimum absolute atomic E-state index is 0.260. The number of epoxide rings is 1. The first kappa shape index (κ1) is 35.7. The summed E-state index contributed by atoms with van der Waals surface area (Å²) in [5, 5.41) is 24.5. The number of ether oxygens (including phenoxy) is 7. The predicted molar refractivity (Wildman–Crippen MR) is 167 cm³/mol. The average molecular weight is 707 g/mol. The van der Waals surface area contributed by atoms with E-state index in [1.54, 1.807) is 6.92 Å². The third kappa shape index (κ3) is 4.46. The molecule has 0 aromatic carbocycles. The van der Waals surface area contributed by atoms with Crippen LogP contribution in [0.1, 0.15) is 68.2 Å². The standard InChI is InChI=1S/C36H50O14/c1-13-19-11-33(5,36(8,43)32(42)46-12-45-19)24-21(13)35(7)22(28(24)44-9)20-23(29(47-14(2)37)31(35)49-16(4)39)34(6)17(25(40)26(20)41)10-18-27(50-18)30(34)48-15(3)38/h13,17-24,26-31,41,43H,10-12H2,1-9H3/t13-,17-,18+,19-,20?,21+,22-,23?,24+,26-,27+,28-,29+,30+,31+,33+,34+,35-,36-/m1/s1. The molecule has 2 heterocycles. The van der Waals surface area contributed by atoms with E-state index in [1.165, 1.54) is 34.8 Å². The number of fused-ring (bicyclic) bond motifs is 11. The zero-order valence-electron chi connectivity index (χ0n) is 30.1. The van der Waals surface area contributed by atoms with Gasteiger partial charge in [-0.1, -0.05) is 27.7 Å². The van der Waals surface area contributed by atoms with Crippen LogP contribution in [-0.2, 0) is 57.1 Å². The summed E-state index contributed by atoms with van der Waals surface area (Å²) >= 11 is 0. The second kappa shape index (κ2) is 11.4. The molecule has 19 atom stereocenters. The highest BCUT2D eigenvalue weighted by atomic mass is 16.7. The maximum atomic E-state index is 14.6. The molecule has 2 bridgehead atoms. The monoisotopic (exact) mass is 706 g/mol. The smallest absolute Gasteiger partial charge is 0.340 e. The Bertz CT molecular complexity index is 1490. The Morgan fingerprint density at radius 2 is 1.42 bits per heavy atom. The van der Waals surface area contributed by atoms with Crippen molar-refractivity contribution in [2.24, 2.45) is 57.7 Å². The van der Waals surface area contributed by atoms with E-state index in [0.29, 0.717) is 0 Å². The number of carbonyl (C=O) groups is 5. The highest BCUT2D eigenvalue weighted by Gasteiger charge is 2.82. The molecule has 14 nitrogen and oxygen atoms in total. The molecule has 0 spiro atoms. The van der Waals surface area contributed by atoms with Crippen molar-refractivity contribution in [1.29, 1.82) is 0 Å². The number of rotatable bonds is 4. The fraction of sp³-hybridized carbons (Fsp3) is 0.861. The van der Waals surface area contributed by atoms with Crippen LogP contribution in [0.15, 0.2) is 0 Å². The van der Waals surface area contributed by atoms with Gasteiger partial charge in [0.1, 0.15) is 30.5 Å². The average Bonchev–Trinajstić information content (AvgIpc) is 3.74. The quantitative estimate of drug-likeness (QED) is 0.242. The van der Waals surface area contributed by atoms with Crippen molar-refractivity contribution in [3.05, 3.63) is 0 Å². The van der Waals surface area contributed by atoms with Crippen molar-refractivity contribution in [3.8, 4) is 0 Å². The number of methoxy groups -OCH3 is 1. The van der Waals surface area contributed by atoms with E-state index in [-0.39, 0.29) is 31.7 Å². The molecular weight excluding hydrogens is 656 g/mol. The fourth-order valence-electron chi connectivity index (χ4n) is 12.7. The lowest BCUT2D eigenvalue weighted by molar-refractivity contribution is -0.278. The van der Waals surface area contributed by atoms with Crippen molar-refractivity contribution in [2.75, 3.05) is 13.9 Å². The summed E-state index contributed by atoms with van der Waals surface area (Å²) < 4.78 is 42.4. The van der Waals surface area contributed by atoms with E-state index >= 15 is 0 Å². The number of hydrogen-bond donors (Lipinski definition) is 2. The van der Waals surface area contributed by atoms with Gasteiger partial charge < -0.3 is 43.4 Å². The van der Waals surface area contributed by atoms with E-state index in [0.717, 1.165) is 0 Å². The third-order valence-electron chi connectivity index (χ3n) is 14.8. The van der Waals surface area contributed by atoms with Crippen LogP contribution in [0, 0.1) is 57.7 Å². The van der Waals surface area contributed by atoms with Gasteiger partial charge in [0.15, 0.2) is 18.2 Å². The van der Waals surface area contributed by atoms with Gasteiger partial charge in [0.05, 0.1) is 18.3 Å². The van der Waals surface area contributed by atoms with Crippen LogP contribution in [0.3, 0.4) is 0 Å². The lowest BCUT2D eigenvalue weighted by Crippen LogP contribution is -2.74. The van der Waals surface area contributed by atoms with Gasteiger partial charge >= 0.3 is 23.9 Å². The summed E-state index contributed by atoms with van der Waals surface area (Å²) in [7, 11) is 1.51. The van der Waals surface area contributed by atoms with E-state index < -0.39 is 130 Å². The molecule has 0 aromatic rings. The van der Waals surface area contributed by atoms with Gasteiger partial charge in [-0.15, -0.1) is 0 Å². The van der Waals surface area contributed by atoms with E-state index in [1.807, 2.05) is 20.8 Å². The van der Waals surface area contributed by atoms with Crippen LogP contribution in [0.4, 0.5) is 0 Å². The van der Waals surface area contributed by atoms with Gasteiger partial charge in [0.2, 0.25) is 0 Å². The van der Waals surface area contributed by atoms with Gasteiger partial charge in [-0.05, 0) is 37.5 Å². The Balaban J connectivity index is 1.51. The Morgan fingerprint density at radius 1 is 0.820 bits per heavy atom. The van der Waals surface area contributed by atoms with Gasteiger partial charge in [-0.25, -0.2) is 4.79 Å². The molecule has 50 heavy (non-hydrogen) atoms. The van der Waals surface area contributed by atoms with Crippen LogP contribution in [0.2, 0.25) is 0 Å². The van der Waals surface area contributed by atoms with E-state index in [9.17, 15) is 34.2 Å². The lowest BCUT2D eigenvalue weighted by atomic mass is 9.41. The highest BCUT2D eigenvalue weighted by molar-refractivity contribution is 5.88. The third-order valence-corrected chi connectivity index (χ3v) is 14.8. The summed E-state index contributed by atoms with van der Waals surface area (Å²) in [6.07, 6.45) is -6.55. The number of Topliss-reactive ketones (excluding diaryl/α,β-unsaturated/α-hetero) is 1. The molecule has 278 valence electrons. The zero-order valence-corrected chi connectivity index (χ0v) is 30.1. The SMILES string of the molecule is CO[C@H]1[C@@H]2[C@H]([C@H](C)[C@H]3C[C@]2(C)[C@](C)(O)C(=O)OCO3)[C@]2(C)[C@@H]1C1C([C@H](OC(C)=O)[C@@H]2OC(C)=O)[C@]2(C)[C@H](C[C@@H]3O[C@@H]3[C@@H]2OC(C)=O)C(=O)[C@@H]1O. The molecule has 5 saturated carbocycles. The fourth-order valence-corrected chi connectivity index (χ4v) is 12.7. The van der Waals surface area contributed by atoms with Crippen LogP contribution in [0.5, 0.6) is 0 Å². The van der Waals surface area contributed by atoms with Crippen molar-refractivity contribution in [3.63, 3.8) is 0 Å². The van der Waals surface area contributed by atoms with Crippen LogP contribution >= 0.6 is 0 Å². The molecule has 0 amide bonds. The van der Waals surface area contributed by atoms with Gasteiger partial charge in [0, 0.05) is 67.8 Å². The van der Waals surface area contributed by atoms with Crippen molar-refractivity contribution in [2.45, 2.75) is 123 Å². The first-order valence-electron chi connectivity index (χ1n) is 17.7. The minimum Gasteiger partial charge on any atom is -0.459 e. The predicted octanol–water partition coefficient (Wildman–Crippen LogP) is 1.34. The van der Waals surface area contributed by atoms with Gasteiger partial charge in [0.25, 0.3) is 0 Å². The molecule has 2 saturated heterocycles. The molecule has 2 aliphatic heterocycles. The van der Waals surface area contributed by atoms with Crippen molar-refractivity contribution < 1.29 is 67.3 Å². The van der Waals surface area contributed by atoms with Crippen LogP contribution in [-0.4, -0.2) is 108 Å². The Labute approximate surface area is 291 Å². The normalized spacial score (nSPS) is 54.6. The molecular formula is C36H50O14. The summed E-state index contributed by atoms with van der Waals surface area (Å²) in [5.41, 5.74) is -5.69. The number of aliphatic hydroxyl groups is 2. The Kier molecular flexibility index (Phi) is 8.17. The van der Waals surface area contributed by atoms with E-state index in [2.05, 4.69) is 0 Å². The van der Waals surface area contributed by atoms with Crippen LogP contribution in [0.25, 0.3) is 0 Å². The second-order valence-electron chi connectivity index (χ2n) is 16.8. The number of carbonyl (C=O) groups excluding carboxylic acids is 5. The van der Waals surface area contributed by atoms with Gasteiger partial charge in [-0.3, -0.25) is 19.2 Å². The first-order valence-corrected chi connectivity index (χ1v) is 17.7. The Morgan fingerprint density at radius 3 is 2.02 bits per heavy atom. The van der Waals surface area contributed by atoms with E-state index in [4.69, 9.17) is 33.2 Å². The second-order valence-corrected chi connectivity index (χ2v) is 16.8. The molecule has 0 aromatic heterocycles. The molecule has 0 radical (unpaired) electrons. The molecule has 7 aliphatic rings. The Hall–Kier alpha value is -2.65. The molecule has 2 N–H and O–H groups in total. The van der Waals surface area contributed by atoms with Crippen molar-refractivity contribution >= 4 is 29.7 Å². The zero-order chi connectivity index (χ0) is 36.6. The maximum absolute atomic E-state index is 14.6. The van der Waals surface area contributed by atoms with Gasteiger partial charge in [-0.2, -0.15) is 0 Å². The minimum atomic E-state index is -2.02. The summed E-state index contributed by atoms with van der Waals surface area (Å²) in [6, 6.07) is 0. The summed E-state index contributed by atoms with van der Waals surface area (Å²) in [5.74, 6) is -8.13. The molecule has 5 aliphatic carbocycles. The number of hydrogen-bond acceptors (Lipinski definition) is 14. The largest absolute Gasteiger partial charge is 0.459 e. The molecule has 14 heteroatoms. The molecule has 7 rings (SSSR count). The summed E-state index contributed by atoms with van der Waals surface area (Å²) in [6.45, 7) is 12.4.